The summed E-state index contributed by atoms with van der Waals surface area (Å²) < 4.78 is 1.09. The first-order valence-corrected chi connectivity index (χ1v) is 6.19. The zero-order valence-corrected chi connectivity index (χ0v) is 11.0. The lowest BCUT2D eigenvalue weighted by molar-refractivity contribution is 0.173. The molecule has 0 unspecified atom stereocenters. The lowest BCUT2D eigenvalue weighted by Crippen LogP contribution is -2.55. The fourth-order valence-electron chi connectivity index (χ4n) is 1.63. The highest BCUT2D eigenvalue weighted by Crippen LogP contribution is 2.23. The van der Waals surface area contributed by atoms with Crippen LogP contribution in [0.5, 0.6) is 0 Å². The molecule has 1 aliphatic heterocycles. The van der Waals surface area contributed by atoms with Gasteiger partial charge in [-0.2, -0.15) is 0 Å². The zero-order chi connectivity index (χ0) is 10.8. The van der Waals surface area contributed by atoms with Crippen molar-refractivity contribution in [2.75, 3.05) is 20.1 Å². The molecule has 0 aromatic heterocycles. The molecule has 0 bridgehead atoms. The van der Waals surface area contributed by atoms with Crippen molar-refractivity contribution in [1.29, 1.82) is 0 Å². The summed E-state index contributed by atoms with van der Waals surface area (Å²) in [5.41, 5.74) is 1.29. The highest BCUT2D eigenvalue weighted by Gasteiger charge is 2.21. The molecule has 15 heavy (non-hydrogen) atoms. The molecular weight excluding hydrogens is 275 g/mol. The summed E-state index contributed by atoms with van der Waals surface area (Å²) in [5.74, 6) is 0. The monoisotopic (exact) mass is 288 g/mol. The Kier molecular flexibility index (Phi) is 3.67. The van der Waals surface area contributed by atoms with E-state index in [1.54, 1.807) is 0 Å². The van der Waals surface area contributed by atoms with Crippen molar-refractivity contribution in [3.63, 3.8) is 0 Å². The average Bonchev–Trinajstić information content (AvgIpc) is 2.07. The molecular formula is C11H14BrClN2. The van der Waals surface area contributed by atoms with Crippen molar-refractivity contribution in [3.8, 4) is 0 Å². The van der Waals surface area contributed by atoms with Crippen molar-refractivity contribution >= 4 is 27.5 Å². The number of hydrogen-bond donors (Lipinski definition) is 1. The summed E-state index contributed by atoms with van der Waals surface area (Å²) >= 11 is 9.44. The molecule has 2 nitrogen and oxygen atoms in total. The number of nitrogens with zero attached hydrogens (tertiary/aromatic N) is 1. The number of halogens is 2. The predicted molar refractivity (Wildman–Crippen MR) is 67.3 cm³/mol. The van der Waals surface area contributed by atoms with Gasteiger partial charge in [-0.25, -0.2) is 0 Å². The Balaban J connectivity index is 2.03. The van der Waals surface area contributed by atoms with Gasteiger partial charge in [-0.15, -0.1) is 0 Å². The summed E-state index contributed by atoms with van der Waals surface area (Å²) in [4.78, 5) is 2.37. The minimum absolute atomic E-state index is 0.674. The van der Waals surface area contributed by atoms with Gasteiger partial charge in [0.15, 0.2) is 0 Å². The maximum atomic E-state index is 5.90. The molecule has 1 heterocycles. The Labute approximate surface area is 104 Å². The Morgan fingerprint density at radius 2 is 2.27 bits per heavy atom. The highest BCUT2D eigenvalue weighted by molar-refractivity contribution is 9.10. The van der Waals surface area contributed by atoms with Crippen LogP contribution in [0.15, 0.2) is 22.7 Å². The van der Waals surface area contributed by atoms with Gasteiger partial charge in [0, 0.05) is 35.2 Å². The van der Waals surface area contributed by atoms with E-state index in [2.05, 4.69) is 39.3 Å². The van der Waals surface area contributed by atoms with Crippen LogP contribution in [0.25, 0.3) is 0 Å². The van der Waals surface area contributed by atoms with Crippen LogP contribution in [0, 0.1) is 0 Å². The number of rotatable bonds is 3. The van der Waals surface area contributed by atoms with E-state index in [9.17, 15) is 0 Å². The van der Waals surface area contributed by atoms with Crippen LogP contribution in [0.3, 0.4) is 0 Å². The van der Waals surface area contributed by atoms with Crippen molar-refractivity contribution in [2.45, 2.75) is 12.6 Å². The van der Waals surface area contributed by atoms with Gasteiger partial charge >= 0.3 is 0 Å². The zero-order valence-electron chi connectivity index (χ0n) is 8.63. The molecule has 1 aliphatic rings. The van der Waals surface area contributed by atoms with Gasteiger partial charge in [0.2, 0.25) is 0 Å². The molecule has 2 rings (SSSR count). The van der Waals surface area contributed by atoms with E-state index in [0.717, 1.165) is 29.1 Å². The first kappa shape index (κ1) is 11.4. The number of benzene rings is 1. The molecule has 0 radical (unpaired) electrons. The summed E-state index contributed by atoms with van der Waals surface area (Å²) in [6.45, 7) is 3.16. The fraction of sp³-hybridized carbons (Fsp3) is 0.455. The molecule has 0 saturated carbocycles. The van der Waals surface area contributed by atoms with E-state index in [1.807, 2.05) is 12.1 Å². The molecule has 1 fully saturated rings. The topological polar surface area (TPSA) is 15.3 Å². The maximum Gasteiger partial charge on any atom is 0.0417 e. The van der Waals surface area contributed by atoms with Gasteiger partial charge in [0.25, 0.3) is 0 Å². The third-order valence-corrected chi connectivity index (χ3v) is 3.79. The minimum Gasteiger partial charge on any atom is -0.314 e. The van der Waals surface area contributed by atoms with E-state index in [4.69, 9.17) is 11.6 Å². The Morgan fingerprint density at radius 3 is 2.80 bits per heavy atom. The average molecular weight is 290 g/mol. The highest BCUT2D eigenvalue weighted by atomic mass is 79.9. The second-order valence-electron chi connectivity index (χ2n) is 3.96. The molecule has 0 atom stereocenters. The van der Waals surface area contributed by atoms with E-state index >= 15 is 0 Å². The Morgan fingerprint density at radius 1 is 1.53 bits per heavy atom. The standard InChI is InChI=1S/C11H14BrClN2/c1-15(10-5-14-6-10)7-8-2-3-9(13)4-11(8)12/h2-4,10,14H,5-7H2,1H3. The van der Waals surface area contributed by atoms with Gasteiger partial charge in [0.1, 0.15) is 0 Å². The lowest BCUT2D eigenvalue weighted by atomic mass is 10.1. The second-order valence-corrected chi connectivity index (χ2v) is 5.25. The van der Waals surface area contributed by atoms with Gasteiger partial charge in [-0.1, -0.05) is 33.6 Å². The Hall–Kier alpha value is -0.0900. The summed E-state index contributed by atoms with van der Waals surface area (Å²) in [7, 11) is 2.16. The number of likely N-dealkylation sites (N-methyl/N-ethyl adjacent to an activating group) is 1. The quantitative estimate of drug-likeness (QED) is 0.920. The smallest absolute Gasteiger partial charge is 0.0417 e. The minimum atomic E-state index is 0.674. The van der Waals surface area contributed by atoms with Crippen LogP contribution in [0.4, 0.5) is 0 Å². The van der Waals surface area contributed by atoms with E-state index < -0.39 is 0 Å². The van der Waals surface area contributed by atoms with Crippen molar-refractivity contribution in [1.82, 2.24) is 10.2 Å². The summed E-state index contributed by atoms with van der Waals surface area (Å²) in [6, 6.07) is 6.64. The second kappa shape index (κ2) is 4.83. The molecule has 4 heteroatoms. The molecule has 0 aliphatic carbocycles. The van der Waals surface area contributed by atoms with Gasteiger partial charge in [-0.05, 0) is 24.7 Å². The van der Waals surface area contributed by atoms with Gasteiger partial charge in [0.05, 0.1) is 0 Å². The predicted octanol–water partition coefficient (Wildman–Crippen LogP) is 2.51. The van der Waals surface area contributed by atoms with Crippen LogP contribution >= 0.6 is 27.5 Å². The first-order chi connectivity index (χ1) is 7.16. The molecule has 82 valence electrons. The van der Waals surface area contributed by atoms with E-state index in [1.165, 1.54) is 5.56 Å². The van der Waals surface area contributed by atoms with Crippen LogP contribution in [-0.4, -0.2) is 31.1 Å². The van der Waals surface area contributed by atoms with Crippen molar-refractivity contribution in [2.24, 2.45) is 0 Å². The normalized spacial score (nSPS) is 16.8. The van der Waals surface area contributed by atoms with Crippen LogP contribution in [0.1, 0.15) is 5.56 Å². The fourth-order valence-corrected chi connectivity index (χ4v) is 2.44. The lowest BCUT2D eigenvalue weighted by Gasteiger charge is -2.35. The van der Waals surface area contributed by atoms with Crippen LogP contribution in [-0.2, 0) is 6.54 Å². The third-order valence-electron chi connectivity index (χ3n) is 2.82. The Bertz CT molecular complexity index is 352. The van der Waals surface area contributed by atoms with E-state index in [0.29, 0.717) is 6.04 Å². The molecule has 0 spiro atoms. The number of nitrogens with one attached hydrogen (secondary N) is 1. The molecule has 1 aromatic rings. The molecule has 1 saturated heterocycles. The molecule has 1 aromatic carbocycles. The van der Waals surface area contributed by atoms with Crippen LogP contribution < -0.4 is 5.32 Å². The number of hydrogen-bond acceptors (Lipinski definition) is 2. The first-order valence-electron chi connectivity index (χ1n) is 5.01. The summed E-state index contributed by atoms with van der Waals surface area (Å²) in [5, 5.41) is 4.05. The maximum absolute atomic E-state index is 5.90. The van der Waals surface area contributed by atoms with Crippen LogP contribution in [0.2, 0.25) is 5.02 Å². The van der Waals surface area contributed by atoms with E-state index in [-0.39, 0.29) is 0 Å². The van der Waals surface area contributed by atoms with Crippen molar-refractivity contribution in [3.05, 3.63) is 33.3 Å². The van der Waals surface area contributed by atoms with Gasteiger partial charge in [-0.3, -0.25) is 4.90 Å². The SMILES string of the molecule is CN(Cc1ccc(Cl)cc1Br)C1CNC1. The third kappa shape index (κ3) is 2.72. The summed E-state index contributed by atoms with van der Waals surface area (Å²) in [6.07, 6.45) is 0. The largest absolute Gasteiger partial charge is 0.314 e. The van der Waals surface area contributed by atoms with Gasteiger partial charge < -0.3 is 5.32 Å². The molecule has 1 N–H and O–H groups in total. The molecule has 0 amide bonds. The van der Waals surface area contributed by atoms with Crippen molar-refractivity contribution < 1.29 is 0 Å².